The fourth-order valence-corrected chi connectivity index (χ4v) is 5.66. The van der Waals surface area contributed by atoms with Gasteiger partial charge in [-0.3, -0.25) is 14.5 Å². The normalized spacial score (nSPS) is 20.3. The molecule has 1 atom stereocenters. The van der Waals surface area contributed by atoms with Gasteiger partial charge in [0.1, 0.15) is 29.0 Å². The number of imide groups is 1. The summed E-state index contributed by atoms with van der Waals surface area (Å²) in [7, 11) is 0. The molecule has 9 heteroatoms. The first-order valence-corrected chi connectivity index (χ1v) is 11.5. The maximum atomic E-state index is 13.3. The summed E-state index contributed by atoms with van der Waals surface area (Å²) in [6, 6.07) is 6.89. The van der Waals surface area contributed by atoms with Crippen LogP contribution in [0.4, 0.5) is 14.2 Å². The number of amides is 4. The van der Waals surface area contributed by atoms with E-state index in [0.29, 0.717) is 16.1 Å². The monoisotopic (exact) mass is 454 g/mol. The van der Waals surface area contributed by atoms with Gasteiger partial charge in [-0.2, -0.15) is 5.26 Å². The molecule has 2 aromatic rings. The van der Waals surface area contributed by atoms with Gasteiger partial charge in [0, 0.05) is 4.88 Å². The van der Waals surface area contributed by atoms with Crippen molar-refractivity contribution in [3.63, 3.8) is 0 Å². The molecule has 0 radical (unpaired) electrons. The Balaban J connectivity index is 1.53. The van der Waals surface area contributed by atoms with Crippen LogP contribution in [0.2, 0.25) is 0 Å². The van der Waals surface area contributed by atoms with Gasteiger partial charge in [0.2, 0.25) is 5.91 Å². The number of nitrogens with zero attached hydrogens (tertiary/aromatic N) is 2. The zero-order valence-electron chi connectivity index (χ0n) is 17.7. The first kappa shape index (κ1) is 22.0. The van der Waals surface area contributed by atoms with Gasteiger partial charge in [-0.05, 0) is 55.4 Å². The molecule has 4 amide bonds. The Kier molecular flexibility index (Phi) is 5.98. The average Bonchev–Trinajstić information content (AvgIpc) is 3.10. The van der Waals surface area contributed by atoms with E-state index in [-0.39, 0.29) is 6.42 Å². The number of nitrogens with one attached hydrogen (secondary N) is 2. The minimum atomic E-state index is -1.34. The Morgan fingerprint density at radius 2 is 1.97 bits per heavy atom. The van der Waals surface area contributed by atoms with Crippen LogP contribution in [0.3, 0.4) is 0 Å². The molecule has 166 valence electrons. The summed E-state index contributed by atoms with van der Waals surface area (Å²) in [6.07, 6.45) is 5.13. The van der Waals surface area contributed by atoms with E-state index in [9.17, 15) is 24.0 Å². The lowest BCUT2D eigenvalue weighted by molar-refractivity contribution is -0.134. The number of hydrogen-bond acceptors (Lipinski definition) is 5. The van der Waals surface area contributed by atoms with Gasteiger partial charge in [-0.25, -0.2) is 9.18 Å². The molecular formula is C23H23FN4O3S. The van der Waals surface area contributed by atoms with Crippen LogP contribution < -0.4 is 10.6 Å². The van der Waals surface area contributed by atoms with Crippen molar-refractivity contribution in [3.8, 4) is 6.07 Å². The second-order valence-corrected chi connectivity index (χ2v) is 9.12. The largest absolute Gasteiger partial charge is 0.325 e. The summed E-state index contributed by atoms with van der Waals surface area (Å²) >= 11 is 1.40. The number of carbonyl (C=O) groups is 3. The number of nitriles is 1. The molecule has 2 aliphatic rings. The van der Waals surface area contributed by atoms with Crippen molar-refractivity contribution < 1.29 is 18.8 Å². The third-order valence-electron chi connectivity index (χ3n) is 6.13. The first-order chi connectivity index (χ1) is 15.4. The molecule has 7 nitrogen and oxygen atoms in total. The van der Waals surface area contributed by atoms with Crippen molar-refractivity contribution >= 4 is 34.2 Å². The lowest BCUT2D eigenvalue weighted by Gasteiger charge is -2.25. The van der Waals surface area contributed by atoms with Crippen LogP contribution in [-0.4, -0.2) is 29.3 Å². The number of benzene rings is 1. The summed E-state index contributed by atoms with van der Waals surface area (Å²) in [5.41, 5.74) is 0.591. The molecule has 0 bridgehead atoms. The van der Waals surface area contributed by atoms with E-state index in [1.165, 1.54) is 35.6 Å². The van der Waals surface area contributed by atoms with E-state index in [2.05, 4.69) is 16.7 Å². The molecule has 1 fully saturated rings. The highest BCUT2D eigenvalue weighted by Crippen LogP contribution is 2.37. The van der Waals surface area contributed by atoms with E-state index in [0.717, 1.165) is 47.4 Å². The predicted octanol–water partition coefficient (Wildman–Crippen LogP) is 3.82. The maximum Gasteiger partial charge on any atom is 0.325 e. The molecule has 1 aliphatic carbocycles. The van der Waals surface area contributed by atoms with Crippen LogP contribution in [0, 0.1) is 17.1 Å². The zero-order valence-corrected chi connectivity index (χ0v) is 18.5. The molecule has 1 aliphatic heterocycles. The van der Waals surface area contributed by atoms with Crippen molar-refractivity contribution in [3.05, 3.63) is 51.7 Å². The van der Waals surface area contributed by atoms with Gasteiger partial charge < -0.3 is 10.6 Å². The molecule has 4 rings (SSSR count). The molecule has 0 spiro atoms. The van der Waals surface area contributed by atoms with Crippen molar-refractivity contribution in [1.82, 2.24) is 10.2 Å². The molecule has 0 saturated carbocycles. The van der Waals surface area contributed by atoms with Gasteiger partial charge in [0.25, 0.3) is 5.91 Å². The highest BCUT2D eigenvalue weighted by molar-refractivity contribution is 7.16. The summed E-state index contributed by atoms with van der Waals surface area (Å²) in [5.74, 6) is -1.56. The Morgan fingerprint density at radius 3 is 2.66 bits per heavy atom. The quantitative estimate of drug-likeness (QED) is 0.530. The fraction of sp³-hybridized carbons (Fsp3) is 0.391. The number of fused-ring (bicyclic) bond motifs is 1. The van der Waals surface area contributed by atoms with E-state index >= 15 is 0 Å². The SMILES string of the molecule is CC[C@]1(c2ccc(F)cc2)NC(=O)N(CC(=O)Nc2sc3c(c2C#N)CCCCC3)C1=O. The van der Waals surface area contributed by atoms with Crippen molar-refractivity contribution in [2.24, 2.45) is 0 Å². The highest BCUT2D eigenvalue weighted by Gasteiger charge is 2.51. The summed E-state index contributed by atoms with van der Waals surface area (Å²) in [5, 5.41) is 15.5. The number of urea groups is 1. The zero-order chi connectivity index (χ0) is 22.9. The van der Waals surface area contributed by atoms with Crippen LogP contribution in [-0.2, 0) is 28.0 Å². The molecule has 1 aromatic heterocycles. The first-order valence-electron chi connectivity index (χ1n) is 10.6. The van der Waals surface area contributed by atoms with Gasteiger partial charge in [0.05, 0.1) is 5.56 Å². The fourth-order valence-electron chi connectivity index (χ4n) is 4.40. The van der Waals surface area contributed by atoms with Gasteiger partial charge in [-0.15, -0.1) is 11.3 Å². The topological polar surface area (TPSA) is 102 Å². The molecular weight excluding hydrogens is 431 g/mol. The van der Waals surface area contributed by atoms with E-state index in [4.69, 9.17) is 0 Å². The molecule has 1 saturated heterocycles. The Hall–Kier alpha value is -3.25. The van der Waals surface area contributed by atoms with Crippen LogP contribution in [0.5, 0.6) is 0 Å². The molecule has 32 heavy (non-hydrogen) atoms. The van der Waals surface area contributed by atoms with Crippen molar-refractivity contribution in [2.45, 2.75) is 51.0 Å². The second kappa shape index (κ2) is 8.71. The molecule has 1 aromatic carbocycles. The van der Waals surface area contributed by atoms with Gasteiger partial charge in [0.15, 0.2) is 0 Å². The third kappa shape index (κ3) is 3.75. The van der Waals surface area contributed by atoms with Gasteiger partial charge >= 0.3 is 6.03 Å². The minimum Gasteiger partial charge on any atom is -0.319 e. The average molecular weight is 455 g/mol. The molecule has 0 unspecified atom stereocenters. The Morgan fingerprint density at radius 1 is 1.25 bits per heavy atom. The maximum absolute atomic E-state index is 13.3. The smallest absolute Gasteiger partial charge is 0.319 e. The van der Waals surface area contributed by atoms with E-state index < -0.39 is 35.7 Å². The summed E-state index contributed by atoms with van der Waals surface area (Å²) in [6.45, 7) is 1.27. The van der Waals surface area contributed by atoms with E-state index in [1.54, 1.807) is 6.92 Å². The summed E-state index contributed by atoms with van der Waals surface area (Å²) < 4.78 is 13.3. The van der Waals surface area contributed by atoms with Crippen molar-refractivity contribution in [1.29, 1.82) is 5.26 Å². The number of thiophene rings is 1. The van der Waals surface area contributed by atoms with Crippen LogP contribution in [0.25, 0.3) is 0 Å². The standard InChI is InChI=1S/C23H23FN4O3S/c1-2-23(14-8-10-15(24)11-9-14)21(30)28(22(31)27-23)13-19(29)26-20-17(12-25)16-6-4-3-5-7-18(16)32-20/h8-11H,2-7,13H2,1H3,(H,26,29)(H,27,31)/t23-/m1/s1. The predicted molar refractivity (Wildman–Crippen MR) is 118 cm³/mol. The number of aryl methyl sites for hydroxylation is 1. The lowest BCUT2D eigenvalue weighted by atomic mass is 9.87. The van der Waals surface area contributed by atoms with Crippen LogP contribution >= 0.6 is 11.3 Å². The number of anilines is 1. The second-order valence-electron chi connectivity index (χ2n) is 8.02. The third-order valence-corrected chi connectivity index (χ3v) is 7.34. The molecule has 2 heterocycles. The Bertz CT molecular complexity index is 1120. The number of rotatable bonds is 5. The minimum absolute atomic E-state index is 0.248. The summed E-state index contributed by atoms with van der Waals surface area (Å²) in [4.78, 5) is 40.5. The van der Waals surface area contributed by atoms with E-state index in [1.807, 2.05) is 0 Å². The van der Waals surface area contributed by atoms with Crippen LogP contribution in [0.15, 0.2) is 24.3 Å². The van der Waals surface area contributed by atoms with Gasteiger partial charge in [-0.1, -0.05) is 25.5 Å². The number of halogens is 1. The van der Waals surface area contributed by atoms with Crippen molar-refractivity contribution in [2.75, 3.05) is 11.9 Å². The highest BCUT2D eigenvalue weighted by atomic mass is 32.1. The Labute approximate surface area is 189 Å². The number of hydrogen-bond donors (Lipinski definition) is 2. The van der Waals surface area contributed by atoms with Crippen LogP contribution in [0.1, 0.15) is 54.2 Å². The lowest BCUT2D eigenvalue weighted by Crippen LogP contribution is -2.44. The molecule has 2 N–H and O–H groups in total. The number of carbonyl (C=O) groups excluding carboxylic acids is 3.